The van der Waals surface area contributed by atoms with Gasteiger partial charge in [-0.15, -0.1) is 0 Å². The average molecular weight is 580 g/mol. The van der Waals surface area contributed by atoms with Crippen molar-refractivity contribution >= 4 is 41.8 Å². The van der Waals surface area contributed by atoms with Crippen LogP contribution in [0.2, 0.25) is 5.02 Å². The summed E-state index contributed by atoms with van der Waals surface area (Å²) < 4.78 is 5.31. The predicted molar refractivity (Wildman–Crippen MR) is 152 cm³/mol. The van der Waals surface area contributed by atoms with Crippen LogP contribution < -0.4 is 21.3 Å². The second-order valence-corrected chi connectivity index (χ2v) is 10.5. The summed E-state index contributed by atoms with van der Waals surface area (Å²) in [6, 6.07) is 4.86. The molecule has 0 radical (unpaired) electrons. The van der Waals surface area contributed by atoms with Crippen LogP contribution >= 0.6 is 11.6 Å². The van der Waals surface area contributed by atoms with Gasteiger partial charge in [0.1, 0.15) is 18.9 Å². The minimum absolute atomic E-state index is 0.00442. The Morgan fingerprint density at radius 1 is 1.12 bits per heavy atom. The molecule has 1 saturated carbocycles. The molecule has 0 aromatic heterocycles. The maximum atomic E-state index is 13.2. The maximum absolute atomic E-state index is 13.2. The highest BCUT2D eigenvalue weighted by Crippen LogP contribution is 2.27. The summed E-state index contributed by atoms with van der Waals surface area (Å²) in [5, 5.41) is 11.1. The van der Waals surface area contributed by atoms with E-state index in [9.17, 15) is 24.0 Å². The Hall–Kier alpha value is -3.34. The zero-order valence-corrected chi connectivity index (χ0v) is 24.1. The van der Waals surface area contributed by atoms with E-state index in [1.54, 1.807) is 38.2 Å². The molecule has 5 amide bonds. The van der Waals surface area contributed by atoms with Crippen LogP contribution in [0.1, 0.15) is 63.9 Å². The third kappa shape index (κ3) is 12.7. The smallest absolute Gasteiger partial charge is 0.408 e. The van der Waals surface area contributed by atoms with Gasteiger partial charge in [0.2, 0.25) is 11.8 Å². The predicted octanol–water partition coefficient (Wildman–Crippen LogP) is 3.15. The molecule has 1 aliphatic carbocycles. The molecular formula is C28H42ClN5O6. The molecule has 0 aliphatic heterocycles. The van der Waals surface area contributed by atoms with Gasteiger partial charge < -0.3 is 35.7 Å². The Morgan fingerprint density at radius 3 is 2.55 bits per heavy atom. The Morgan fingerprint density at radius 2 is 1.88 bits per heavy atom. The van der Waals surface area contributed by atoms with E-state index in [4.69, 9.17) is 16.3 Å². The van der Waals surface area contributed by atoms with E-state index in [0.717, 1.165) is 32.1 Å². The Labute approximate surface area is 241 Å². The number of benzene rings is 1. The van der Waals surface area contributed by atoms with Crippen LogP contribution in [0.3, 0.4) is 0 Å². The number of amides is 5. The van der Waals surface area contributed by atoms with E-state index in [2.05, 4.69) is 21.3 Å². The summed E-state index contributed by atoms with van der Waals surface area (Å²) in [4.78, 5) is 62.9. The highest BCUT2D eigenvalue weighted by atomic mass is 35.5. The van der Waals surface area contributed by atoms with Crippen molar-refractivity contribution in [3.05, 3.63) is 34.9 Å². The van der Waals surface area contributed by atoms with Gasteiger partial charge >= 0.3 is 12.1 Å². The number of hydrogen-bond acceptors (Lipinski definition) is 6. The lowest BCUT2D eigenvalue weighted by atomic mass is 9.84. The van der Waals surface area contributed by atoms with E-state index < -0.39 is 24.1 Å². The Balaban J connectivity index is 1.89. The number of aldehydes is 1. The van der Waals surface area contributed by atoms with Gasteiger partial charge in [-0.05, 0) is 43.4 Å². The SMILES string of the molecule is CCNC(=O)NCCN(C)C(=O)CC[C@@H](C=O)NC(=O)[C@H](CC1CCCCC1)NC(=O)OCc1cccc(Cl)c1. The summed E-state index contributed by atoms with van der Waals surface area (Å²) in [6.07, 6.45) is 5.66. The van der Waals surface area contributed by atoms with Gasteiger partial charge in [0, 0.05) is 38.1 Å². The van der Waals surface area contributed by atoms with Gasteiger partial charge in [-0.3, -0.25) is 9.59 Å². The second-order valence-electron chi connectivity index (χ2n) is 10.0. The van der Waals surface area contributed by atoms with Gasteiger partial charge in [0.15, 0.2) is 0 Å². The molecule has 1 aliphatic rings. The summed E-state index contributed by atoms with van der Waals surface area (Å²) in [6.45, 7) is 2.89. The van der Waals surface area contributed by atoms with Gasteiger partial charge in [0.25, 0.3) is 0 Å². The van der Waals surface area contributed by atoms with Crippen molar-refractivity contribution < 1.29 is 28.7 Å². The number of ether oxygens (including phenoxy) is 1. The lowest BCUT2D eigenvalue weighted by Gasteiger charge is -2.27. The van der Waals surface area contributed by atoms with Crippen LogP contribution in [0.25, 0.3) is 0 Å². The first-order chi connectivity index (χ1) is 19.2. The minimum Gasteiger partial charge on any atom is -0.445 e. The van der Waals surface area contributed by atoms with E-state index in [1.807, 2.05) is 0 Å². The first-order valence-corrected chi connectivity index (χ1v) is 14.3. The molecule has 1 aromatic carbocycles. The van der Waals surface area contributed by atoms with Crippen LogP contribution in [-0.2, 0) is 25.7 Å². The lowest BCUT2D eigenvalue weighted by molar-refractivity contribution is -0.131. The average Bonchev–Trinajstić information content (AvgIpc) is 2.94. The fourth-order valence-corrected chi connectivity index (χ4v) is 4.77. The van der Waals surface area contributed by atoms with Gasteiger partial charge in [-0.1, -0.05) is 55.8 Å². The number of carbonyl (C=O) groups is 5. The Bertz CT molecular complexity index is 988. The third-order valence-corrected chi connectivity index (χ3v) is 7.05. The number of nitrogens with one attached hydrogen (secondary N) is 4. The monoisotopic (exact) mass is 579 g/mol. The van der Waals surface area contributed by atoms with Crippen molar-refractivity contribution in [2.24, 2.45) is 5.92 Å². The molecule has 12 heteroatoms. The number of rotatable bonds is 15. The number of urea groups is 1. The molecule has 0 unspecified atom stereocenters. The first-order valence-electron chi connectivity index (χ1n) is 13.9. The van der Waals surface area contributed by atoms with Crippen LogP contribution in [0, 0.1) is 5.92 Å². The van der Waals surface area contributed by atoms with Gasteiger partial charge in [-0.25, -0.2) is 9.59 Å². The zero-order chi connectivity index (χ0) is 29.3. The molecule has 4 N–H and O–H groups in total. The fraction of sp³-hybridized carbons (Fsp3) is 0.607. The van der Waals surface area contributed by atoms with Crippen molar-refractivity contribution in [1.82, 2.24) is 26.2 Å². The molecule has 1 aromatic rings. The van der Waals surface area contributed by atoms with Gasteiger partial charge in [0.05, 0.1) is 6.04 Å². The van der Waals surface area contributed by atoms with E-state index >= 15 is 0 Å². The number of carbonyl (C=O) groups excluding carboxylic acids is 5. The maximum Gasteiger partial charge on any atom is 0.408 e. The quantitative estimate of drug-likeness (QED) is 0.235. The third-order valence-electron chi connectivity index (χ3n) is 6.82. The van der Waals surface area contributed by atoms with Crippen LogP contribution in [0.4, 0.5) is 9.59 Å². The molecular weight excluding hydrogens is 538 g/mol. The van der Waals surface area contributed by atoms with E-state index in [1.165, 1.54) is 4.90 Å². The largest absolute Gasteiger partial charge is 0.445 e. The zero-order valence-electron chi connectivity index (χ0n) is 23.4. The number of likely N-dealkylation sites (N-methyl/N-ethyl adjacent to an activating group) is 1. The molecule has 2 rings (SSSR count). The minimum atomic E-state index is -0.892. The molecule has 1 fully saturated rings. The van der Waals surface area contributed by atoms with Crippen LogP contribution in [0.5, 0.6) is 0 Å². The first kappa shape index (κ1) is 32.9. The number of hydrogen-bond donors (Lipinski definition) is 4. The topological polar surface area (TPSA) is 146 Å². The summed E-state index contributed by atoms with van der Waals surface area (Å²) >= 11 is 5.98. The van der Waals surface area contributed by atoms with Crippen molar-refractivity contribution in [1.29, 1.82) is 0 Å². The number of nitrogens with zero attached hydrogens (tertiary/aromatic N) is 1. The number of alkyl carbamates (subject to hydrolysis) is 1. The van der Waals surface area contributed by atoms with Crippen LogP contribution in [0.15, 0.2) is 24.3 Å². The van der Waals surface area contributed by atoms with Crippen molar-refractivity contribution in [2.75, 3.05) is 26.7 Å². The molecule has 0 saturated heterocycles. The molecule has 2 atom stereocenters. The normalized spacial score (nSPS) is 14.8. The highest BCUT2D eigenvalue weighted by Gasteiger charge is 2.28. The fourth-order valence-electron chi connectivity index (χ4n) is 4.56. The molecule has 0 bridgehead atoms. The summed E-state index contributed by atoms with van der Waals surface area (Å²) in [5.74, 6) is -0.440. The molecule has 222 valence electrons. The Kier molecular flexibility index (Phi) is 14.9. The second kappa shape index (κ2) is 18.1. The molecule has 40 heavy (non-hydrogen) atoms. The van der Waals surface area contributed by atoms with Crippen molar-refractivity contribution in [3.63, 3.8) is 0 Å². The van der Waals surface area contributed by atoms with E-state index in [0.29, 0.717) is 36.4 Å². The summed E-state index contributed by atoms with van der Waals surface area (Å²) in [5.41, 5.74) is 0.714. The molecule has 11 nitrogen and oxygen atoms in total. The number of halogens is 1. The highest BCUT2D eigenvalue weighted by molar-refractivity contribution is 6.30. The summed E-state index contributed by atoms with van der Waals surface area (Å²) in [7, 11) is 1.61. The van der Waals surface area contributed by atoms with Crippen molar-refractivity contribution in [3.8, 4) is 0 Å². The lowest BCUT2D eigenvalue weighted by Crippen LogP contribution is -2.51. The standard InChI is InChI=1S/C28H42ClN5O6/c1-3-30-27(38)31-14-15-34(2)25(36)13-12-23(18-35)32-26(37)24(17-20-8-5-4-6-9-20)33-28(39)40-19-21-10-7-11-22(29)16-21/h7,10-11,16,18,20,23-24H,3-6,8-9,12-15,17,19H2,1-2H3,(H,32,37)(H,33,39)(H2,30,31,38)/t23-,24-/m0/s1. The van der Waals surface area contributed by atoms with Gasteiger partial charge in [-0.2, -0.15) is 0 Å². The van der Waals surface area contributed by atoms with Crippen LogP contribution in [-0.4, -0.2) is 73.9 Å². The van der Waals surface area contributed by atoms with E-state index in [-0.39, 0.29) is 43.8 Å². The molecule has 0 heterocycles. The van der Waals surface area contributed by atoms with Crippen molar-refractivity contribution in [2.45, 2.75) is 77.0 Å². The molecule has 0 spiro atoms.